The van der Waals surface area contributed by atoms with Crippen LogP contribution in [-0.4, -0.2) is 25.1 Å². The van der Waals surface area contributed by atoms with Gasteiger partial charge in [-0.25, -0.2) is 10.8 Å². The summed E-state index contributed by atoms with van der Waals surface area (Å²) in [5, 5.41) is 2.76. The summed E-state index contributed by atoms with van der Waals surface area (Å²) in [7, 11) is 3.08. The second-order valence-electron chi connectivity index (χ2n) is 4.09. The van der Waals surface area contributed by atoms with Gasteiger partial charge in [-0.3, -0.25) is 4.79 Å². The van der Waals surface area contributed by atoms with Crippen LogP contribution in [0.2, 0.25) is 0 Å². The van der Waals surface area contributed by atoms with Crippen LogP contribution < -0.4 is 26.1 Å². The minimum atomic E-state index is -0.305. The van der Waals surface area contributed by atoms with E-state index in [-0.39, 0.29) is 5.91 Å². The average Bonchev–Trinajstić information content (AvgIpc) is 2.54. The van der Waals surface area contributed by atoms with Crippen molar-refractivity contribution in [2.75, 3.05) is 25.0 Å². The van der Waals surface area contributed by atoms with Crippen LogP contribution in [0.3, 0.4) is 0 Å². The van der Waals surface area contributed by atoms with E-state index in [9.17, 15) is 4.79 Å². The summed E-state index contributed by atoms with van der Waals surface area (Å²) in [5.74, 6) is 6.53. The molecule has 0 radical (unpaired) electrons. The Bertz CT molecular complexity index is 646. The molecule has 0 aliphatic carbocycles. The summed E-state index contributed by atoms with van der Waals surface area (Å²) in [6.07, 6.45) is 1.49. The van der Waals surface area contributed by atoms with Crippen LogP contribution >= 0.6 is 0 Å². The number of anilines is 2. The molecule has 4 N–H and O–H groups in total. The summed E-state index contributed by atoms with van der Waals surface area (Å²) in [5.41, 5.74) is 3.33. The molecule has 21 heavy (non-hydrogen) atoms. The molecule has 0 saturated carbocycles. The van der Waals surface area contributed by atoms with Crippen molar-refractivity contribution in [1.29, 1.82) is 0 Å². The fraction of sp³-hybridized carbons (Fsp3) is 0.143. The molecule has 0 saturated heterocycles. The molecular formula is C14H16N4O3. The van der Waals surface area contributed by atoms with Crippen LogP contribution in [-0.2, 0) is 0 Å². The lowest BCUT2D eigenvalue weighted by Gasteiger charge is -2.12. The van der Waals surface area contributed by atoms with Crippen molar-refractivity contribution in [2.24, 2.45) is 5.84 Å². The maximum absolute atomic E-state index is 12.2. The Morgan fingerprint density at radius 1 is 1.19 bits per heavy atom. The van der Waals surface area contributed by atoms with E-state index in [2.05, 4.69) is 15.7 Å². The predicted octanol–water partition coefficient (Wildman–Crippen LogP) is 1.64. The first kappa shape index (κ1) is 14.6. The van der Waals surface area contributed by atoms with E-state index in [1.807, 2.05) is 0 Å². The van der Waals surface area contributed by atoms with Gasteiger partial charge in [0.1, 0.15) is 17.3 Å². The Labute approximate surface area is 122 Å². The van der Waals surface area contributed by atoms with Crippen molar-refractivity contribution < 1.29 is 14.3 Å². The van der Waals surface area contributed by atoms with Gasteiger partial charge in [0, 0.05) is 17.8 Å². The van der Waals surface area contributed by atoms with Crippen molar-refractivity contribution in [2.45, 2.75) is 0 Å². The molecule has 0 spiro atoms. The predicted molar refractivity (Wildman–Crippen MR) is 79.5 cm³/mol. The maximum atomic E-state index is 12.2. The van der Waals surface area contributed by atoms with E-state index in [1.54, 1.807) is 37.4 Å². The average molecular weight is 288 g/mol. The zero-order valence-electron chi connectivity index (χ0n) is 11.7. The number of benzene rings is 1. The number of carbonyl (C=O) groups excluding carboxylic acids is 1. The normalized spacial score (nSPS) is 9.86. The number of rotatable bonds is 5. The number of methoxy groups -OCH3 is 2. The van der Waals surface area contributed by atoms with Gasteiger partial charge in [-0.05, 0) is 24.3 Å². The number of nitrogens with two attached hydrogens (primary N) is 1. The van der Waals surface area contributed by atoms with Crippen LogP contribution in [0.25, 0.3) is 0 Å². The number of nitrogen functional groups attached to an aromatic ring is 1. The Morgan fingerprint density at radius 2 is 2.00 bits per heavy atom. The van der Waals surface area contributed by atoms with Crippen LogP contribution in [0.1, 0.15) is 10.4 Å². The molecule has 110 valence electrons. The minimum absolute atomic E-state index is 0.305. The van der Waals surface area contributed by atoms with E-state index >= 15 is 0 Å². The highest BCUT2D eigenvalue weighted by Gasteiger charge is 2.11. The first-order chi connectivity index (χ1) is 10.2. The third kappa shape index (κ3) is 3.40. The molecule has 1 aromatic carbocycles. The molecule has 0 fully saturated rings. The van der Waals surface area contributed by atoms with E-state index in [0.717, 1.165) is 0 Å². The van der Waals surface area contributed by atoms with E-state index in [1.165, 1.54) is 13.3 Å². The highest BCUT2D eigenvalue weighted by Crippen LogP contribution is 2.29. The molecule has 1 amide bonds. The third-order valence-corrected chi connectivity index (χ3v) is 2.82. The molecule has 0 atom stereocenters. The molecule has 1 aromatic heterocycles. The molecular weight excluding hydrogens is 272 g/mol. The fourth-order valence-corrected chi connectivity index (χ4v) is 1.76. The van der Waals surface area contributed by atoms with Gasteiger partial charge in [0.2, 0.25) is 0 Å². The van der Waals surface area contributed by atoms with Crippen molar-refractivity contribution in [3.63, 3.8) is 0 Å². The summed E-state index contributed by atoms with van der Waals surface area (Å²) in [6, 6.07) is 8.27. The first-order valence-corrected chi connectivity index (χ1v) is 6.14. The van der Waals surface area contributed by atoms with Gasteiger partial charge in [0.25, 0.3) is 5.91 Å². The number of nitrogens with zero attached hydrogens (tertiary/aromatic N) is 1. The number of hydrogen-bond donors (Lipinski definition) is 3. The van der Waals surface area contributed by atoms with Gasteiger partial charge >= 0.3 is 0 Å². The quantitative estimate of drug-likeness (QED) is 0.571. The van der Waals surface area contributed by atoms with Gasteiger partial charge in [0.05, 0.1) is 19.9 Å². The van der Waals surface area contributed by atoms with Crippen LogP contribution in [0.5, 0.6) is 11.5 Å². The Kier molecular flexibility index (Phi) is 4.57. The van der Waals surface area contributed by atoms with E-state index in [0.29, 0.717) is 28.6 Å². The number of ether oxygens (including phenoxy) is 2. The minimum Gasteiger partial charge on any atom is -0.497 e. The SMILES string of the molecule is COc1ccc(OC)c(NC(=O)c2ccnc(NN)c2)c1. The van der Waals surface area contributed by atoms with Crippen LogP contribution in [0.4, 0.5) is 11.5 Å². The van der Waals surface area contributed by atoms with Crippen molar-refractivity contribution >= 4 is 17.4 Å². The first-order valence-electron chi connectivity index (χ1n) is 6.14. The number of hydrazine groups is 1. The largest absolute Gasteiger partial charge is 0.497 e. The molecule has 0 aliphatic rings. The van der Waals surface area contributed by atoms with Crippen molar-refractivity contribution in [3.8, 4) is 11.5 Å². The number of hydrogen-bond acceptors (Lipinski definition) is 6. The standard InChI is InChI=1S/C14H16N4O3/c1-20-10-3-4-12(21-2)11(8-10)17-14(19)9-5-6-16-13(7-9)18-15/h3-8H,15H2,1-2H3,(H,16,18)(H,17,19). The number of nitrogens with one attached hydrogen (secondary N) is 2. The van der Waals surface area contributed by atoms with Crippen molar-refractivity contribution in [3.05, 3.63) is 42.1 Å². The zero-order valence-corrected chi connectivity index (χ0v) is 11.7. The Hall–Kier alpha value is -2.80. The lowest BCUT2D eigenvalue weighted by Crippen LogP contribution is -2.14. The number of aromatic nitrogens is 1. The number of carbonyl (C=O) groups is 1. The number of amides is 1. The Morgan fingerprint density at radius 3 is 2.67 bits per heavy atom. The molecule has 0 aliphatic heterocycles. The summed E-state index contributed by atoms with van der Waals surface area (Å²) >= 11 is 0. The van der Waals surface area contributed by atoms with E-state index in [4.69, 9.17) is 15.3 Å². The molecule has 1 heterocycles. The van der Waals surface area contributed by atoms with Crippen molar-refractivity contribution in [1.82, 2.24) is 4.98 Å². The van der Waals surface area contributed by atoms with Gasteiger partial charge in [-0.15, -0.1) is 0 Å². The van der Waals surface area contributed by atoms with Gasteiger partial charge in [0.15, 0.2) is 0 Å². The highest BCUT2D eigenvalue weighted by atomic mass is 16.5. The molecule has 0 unspecified atom stereocenters. The fourth-order valence-electron chi connectivity index (χ4n) is 1.76. The highest BCUT2D eigenvalue weighted by molar-refractivity contribution is 6.05. The molecule has 2 aromatic rings. The molecule has 7 nitrogen and oxygen atoms in total. The van der Waals surface area contributed by atoms with Crippen LogP contribution in [0, 0.1) is 0 Å². The zero-order chi connectivity index (χ0) is 15.2. The second-order valence-corrected chi connectivity index (χ2v) is 4.09. The lowest BCUT2D eigenvalue weighted by atomic mass is 10.2. The lowest BCUT2D eigenvalue weighted by molar-refractivity contribution is 0.102. The second kappa shape index (κ2) is 6.58. The topological polar surface area (TPSA) is 98.5 Å². The number of pyridine rings is 1. The summed E-state index contributed by atoms with van der Waals surface area (Å²) < 4.78 is 10.3. The summed E-state index contributed by atoms with van der Waals surface area (Å²) in [6.45, 7) is 0. The monoisotopic (exact) mass is 288 g/mol. The molecule has 7 heteroatoms. The maximum Gasteiger partial charge on any atom is 0.255 e. The van der Waals surface area contributed by atoms with Crippen LogP contribution in [0.15, 0.2) is 36.5 Å². The molecule has 0 bridgehead atoms. The van der Waals surface area contributed by atoms with Gasteiger partial charge < -0.3 is 20.2 Å². The van der Waals surface area contributed by atoms with Gasteiger partial charge in [-0.1, -0.05) is 0 Å². The van der Waals surface area contributed by atoms with E-state index < -0.39 is 0 Å². The summed E-state index contributed by atoms with van der Waals surface area (Å²) in [4.78, 5) is 16.2. The smallest absolute Gasteiger partial charge is 0.255 e. The Balaban J connectivity index is 2.25. The molecule has 2 rings (SSSR count). The van der Waals surface area contributed by atoms with Gasteiger partial charge in [-0.2, -0.15) is 0 Å². The third-order valence-electron chi connectivity index (χ3n) is 2.82.